The minimum atomic E-state index is -0.0155. The van der Waals surface area contributed by atoms with Crippen molar-refractivity contribution in [2.75, 3.05) is 39.8 Å². The summed E-state index contributed by atoms with van der Waals surface area (Å²) >= 11 is 0. The highest BCUT2D eigenvalue weighted by molar-refractivity contribution is 5.81. The predicted octanol–water partition coefficient (Wildman–Crippen LogP) is 0.703. The maximum Gasteiger partial charge on any atom is 0.236 e. The van der Waals surface area contributed by atoms with E-state index in [9.17, 15) is 9.59 Å². The van der Waals surface area contributed by atoms with Crippen LogP contribution in [0.3, 0.4) is 0 Å². The molecular formula is C13H27N3O2. The molecule has 2 amide bonds. The van der Waals surface area contributed by atoms with E-state index in [1.54, 1.807) is 16.8 Å². The van der Waals surface area contributed by atoms with Gasteiger partial charge in [-0.2, -0.15) is 0 Å². The molecule has 0 aromatic rings. The second-order valence-electron chi connectivity index (χ2n) is 4.44. The number of hydrogen-bond donors (Lipinski definition) is 1. The molecule has 0 fully saturated rings. The number of likely N-dealkylation sites (N-methyl/N-ethyl adjacent to an activating group) is 2. The molecule has 0 saturated carbocycles. The second-order valence-corrected chi connectivity index (χ2v) is 4.44. The molecule has 0 aliphatic carbocycles. The number of nitrogens with one attached hydrogen (secondary N) is 1. The summed E-state index contributed by atoms with van der Waals surface area (Å²) in [4.78, 5) is 26.9. The van der Waals surface area contributed by atoms with Gasteiger partial charge in [0.25, 0.3) is 0 Å². The molecule has 106 valence electrons. The fraction of sp³-hybridized carbons (Fsp3) is 0.846. The molecule has 0 aromatic carbocycles. The lowest BCUT2D eigenvalue weighted by atomic mass is 10.3. The lowest BCUT2D eigenvalue weighted by Gasteiger charge is -2.22. The van der Waals surface area contributed by atoms with Gasteiger partial charge in [-0.1, -0.05) is 13.3 Å². The first-order chi connectivity index (χ1) is 8.54. The van der Waals surface area contributed by atoms with Crippen LogP contribution in [0, 0.1) is 0 Å². The predicted molar refractivity (Wildman–Crippen MR) is 73.3 cm³/mol. The van der Waals surface area contributed by atoms with E-state index in [0.717, 1.165) is 12.8 Å². The molecule has 0 heterocycles. The number of hydrogen-bond acceptors (Lipinski definition) is 3. The molecule has 0 saturated heterocycles. The van der Waals surface area contributed by atoms with Crippen molar-refractivity contribution < 1.29 is 9.59 Å². The number of nitrogens with zero attached hydrogens (tertiary/aromatic N) is 2. The molecule has 0 aromatic heterocycles. The maximum absolute atomic E-state index is 11.8. The summed E-state index contributed by atoms with van der Waals surface area (Å²) in [6.07, 6.45) is 2.06. The van der Waals surface area contributed by atoms with Crippen molar-refractivity contribution in [2.45, 2.75) is 33.6 Å². The van der Waals surface area contributed by atoms with Gasteiger partial charge in [0.15, 0.2) is 0 Å². The Kier molecular flexibility index (Phi) is 9.28. The van der Waals surface area contributed by atoms with Gasteiger partial charge in [-0.15, -0.1) is 0 Å². The minimum Gasteiger partial charge on any atom is -0.355 e. The van der Waals surface area contributed by atoms with Crippen molar-refractivity contribution in [2.24, 2.45) is 0 Å². The van der Waals surface area contributed by atoms with Crippen molar-refractivity contribution in [3.05, 3.63) is 0 Å². The maximum atomic E-state index is 11.8. The second kappa shape index (κ2) is 9.88. The molecule has 0 radical (unpaired) electrons. The third kappa shape index (κ3) is 7.27. The van der Waals surface area contributed by atoms with E-state index in [1.807, 2.05) is 13.8 Å². The molecule has 0 rings (SSSR count). The fourth-order valence-corrected chi connectivity index (χ4v) is 1.67. The standard InChI is InChI=1S/C13H27N3O2/c1-5-8-9-14-12(17)10-15(4)11-13(18)16(6-2)7-3/h5-11H2,1-4H3,(H,14,17). The molecule has 0 aliphatic rings. The van der Waals surface area contributed by atoms with Gasteiger partial charge < -0.3 is 10.2 Å². The largest absolute Gasteiger partial charge is 0.355 e. The third-order valence-electron chi connectivity index (χ3n) is 2.79. The first-order valence-corrected chi connectivity index (χ1v) is 6.78. The van der Waals surface area contributed by atoms with Crippen LogP contribution >= 0.6 is 0 Å². The van der Waals surface area contributed by atoms with E-state index in [2.05, 4.69) is 12.2 Å². The molecule has 0 spiro atoms. The normalized spacial score (nSPS) is 10.5. The van der Waals surface area contributed by atoms with Crippen LogP contribution in [0.15, 0.2) is 0 Å². The van der Waals surface area contributed by atoms with Gasteiger partial charge in [0, 0.05) is 19.6 Å². The molecule has 1 N–H and O–H groups in total. The van der Waals surface area contributed by atoms with Gasteiger partial charge in [-0.3, -0.25) is 14.5 Å². The fourth-order valence-electron chi connectivity index (χ4n) is 1.67. The van der Waals surface area contributed by atoms with Crippen molar-refractivity contribution in [3.8, 4) is 0 Å². The Bertz CT molecular complexity index is 253. The van der Waals surface area contributed by atoms with Crippen LogP contribution in [0.25, 0.3) is 0 Å². The van der Waals surface area contributed by atoms with Crippen molar-refractivity contribution in [1.29, 1.82) is 0 Å². The molecule has 0 unspecified atom stereocenters. The number of amides is 2. The van der Waals surface area contributed by atoms with Crippen LogP contribution < -0.4 is 5.32 Å². The van der Waals surface area contributed by atoms with E-state index in [0.29, 0.717) is 26.2 Å². The van der Waals surface area contributed by atoms with E-state index >= 15 is 0 Å². The highest BCUT2D eigenvalue weighted by Gasteiger charge is 2.14. The Morgan fingerprint density at radius 3 is 2.17 bits per heavy atom. The first-order valence-electron chi connectivity index (χ1n) is 6.78. The number of carbonyl (C=O) groups is 2. The summed E-state index contributed by atoms with van der Waals surface area (Å²) in [5.74, 6) is 0.0576. The molecule has 0 aliphatic heterocycles. The SMILES string of the molecule is CCCCNC(=O)CN(C)CC(=O)N(CC)CC. The van der Waals surface area contributed by atoms with Gasteiger partial charge in [0.2, 0.25) is 11.8 Å². The zero-order valence-electron chi connectivity index (χ0n) is 12.2. The smallest absolute Gasteiger partial charge is 0.236 e. The van der Waals surface area contributed by atoms with Gasteiger partial charge in [0.1, 0.15) is 0 Å². The highest BCUT2D eigenvalue weighted by Crippen LogP contribution is 1.92. The van der Waals surface area contributed by atoms with Gasteiger partial charge in [-0.05, 0) is 27.3 Å². The van der Waals surface area contributed by atoms with Crippen LogP contribution in [0.5, 0.6) is 0 Å². The van der Waals surface area contributed by atoms with Crippen LogP contribution in [0.4, 0.5) is 0 Å². The lowest BCUT2D eigenvalue weighted by Crippen LogP contribution is -2.42. The molecule has 5 nitrogen and oxygen atoms in total. The highest BCUT2D eigenvalue weighted by atomic mass is 16.2. The zero-order chi connectivity index (χ0) is 14.0. The van der Waals surface area contributed by atoms with Crippen molar-refractivity contribution in [1.82, 2.24) is 15.1 Å². The van der Waals surface area contributed by atoms with E-state index in [1.165, 1.54) is 0 Å². The Balaban J connectivity index is 3.91. The summed E-state index contributed by atoms with van der Waals surface area (Å²) in [6.45, 7) is 8.71. The first kappa shape index (κ1) is 16.9. The quantitative estimate of drug-likeness (QED) is 0.619. The zero-order valence-corrected chi connectivity index (χ0v) is 12.2. The van der Waals surface area contributed by atoms with Gasteiger partial charge in [-0.25, -0.2) is 0 Å². The van der Waals surface area contributed by atoms with Crippen molar-refractivity contribution in [3.63, 3.8) is 0 Å². The van der Waals surface area contributed by atoms with Gasteiger partial charge in [0.05, 0.1) is 13.1 Å². The molecule has 0 atom stereocenters. The Morgan fingerprint density at radius 1 is 1.06 bits per heavy atom. The summed E-state index contributed by atoms with van der Waals surface area (Å²) < 4.78 is 0. The van der Waals surface area contributed by atoms with Crippen LogP contribution in [-0.4, -0.2) is 61.4 Å². The molecule has 18 heavy (non-hydrogen) atoms. The Hall–Kier alpha value is -1.10. The van der Waals surface area contributed by atoms with Crippen LogP contribution in [0.1, 0.15) is 33.6 Å². The van der Waals surface area contributed by atoms with Crippen LogP contribution in [0.2, 0.25) is 0 Å². The summed E-state index contributed by atoms with van der Waals surface area (Å²) in [5, 5.41) is 2.84. The summed E-state index contributed by atoms with van der Waals surface area (Å²) in [7, 11) is 1.79. The average molecular weight is 257 g/mol. The monoisotopic (exact) mass is 257 g/mol. The lowest BCUT2D eigenvalue weighted by molar-refractivity contribution is -0.132. The Labute approximate surface area is 111 Å². The Morgan fingerprint density at radius 2 is 1.67 bits per heavy atom. The molecule has 0 bridgehead atoms. The number of rotatable bonds is 9. The molecular weight excluding hydrogens is 230 g/mol. The summed E-state index contributed by atoms with van der Waals surface area (Å²) in [6, 6.07) is 0. The molecule has 5 heteroatoms. The third-order valence-corrected chi connectivity index (χ3v) is 2.79. The number of carbonyl (C=O) groups excluding carboxylic acids is 2. The van der Waals surface area contributed by atoms with Crippen LogP contribution in [-0.2, 0) is 9.59 Å². The average Bonchev–Trinajstić information content (AvgIpc) is 2.30. The topological polar surface area (TPSA) is 52.7 Å². The van der Waals surface area contributed by atoms with E-state index < -0.39 is 0 Å². The summed E-state index contributed by atoms with van der Waals surface area (Å²) in [5.41, 5.74) is 0. The van der Waals surface area contributed by atoms with Crippen molar-refractivity contribution >= 4 is 11.8 Å². The van der Waals surface area contributed by atoms with Gasteiger partial charge >= 0.3 is 0 Å². The number of unbranched alkanes of at least 4 members (excludes halogenated alkanes) is 1. The van der Waals surface area contributed by atoms with E-state index in [4.69, 9.17) is 0 Å². The minimum absolute atomic E-state index is 0.0155. The van der Waals surface area contributed by atoms with E-state index in [-0.39, 0.29) is 18.4 Å².